The van der Waals surface area contributed by atoms with E-state index in [4.69, 9.17) is 4.74 Å². The van der Waals surface area contributed by atoms with Crippen LogP contribution in [0.25, 0.3) is 0 Å². The van der Waals surface area contributed by atoms with Crippen LogP contribution in [0.5, 0.6) is 11.6 Å². The summed E-state index contributed by atoms with van der Waals surface area (Å²) in [4.78, 5) is 9.06. The molecule has 6 heteroatoms. The van der Waals surface area contributed by atoms with Gasteiger partial charge in [-0.2, -0.15) is 4.98 Å². The molecule has 3 aromatic rings. The molecule has 0 spiro atoms. The lowest BCUT2D eigenvalue weighted by atomic mass is 9.92. The van der Waals surface area contributed by atoms with Gasteiger partial charge < -0.3 is 4.74 Å². The van der Waals surface area contributed by atoms with Crippen molar-refractivity contribution >= 4 is 11.8 Å². The van der Waals surface area contributed by atoms with Gasteiger partial charge in [0, 0.05) is 23.3 Å². The predicted octanol–water partition coefficient (Wildman–Crippen LogP) is 6.14. The first-order valence-corrected chi connectivity index (χ1v) is 9.48. The summed E-state index contributed by atoms with van der Waals surface area (Å²) >= 11 is 1.44. The number of hydrogen-bond donors (Lipinski definition) is 0. The van der Waals surface area contributed by atoms with Crippen molar-refractivity contribution in [1.29, 1.82) is 0 Å². The molecule has 3 nitrogen and oxygen atoms in total. The summed E-state index contributed by atoms with van der Waals surface area (Å²) in [7, 11) is 0. The van der Waals surface area contributed by atoms with Gasteiger partial charge in [0.1, 0.15) is 17.4 Å². The molecule has 1 aromatic heterocycles. The second kappa shape index (κ2) is 8.05. The Morgan fingerprint density at radius 3 is 2.33 bits per heavy atom. The van der Waals surface area contributed by atoms with E-state index in [-0.39, 0.29) is 17.0 Å². The number of benzene rings is 2. The van der Waals surface area contributed by atoms with Crippen molar-refractivity contribution < 1.29 is 13.5 Å². The lowest BCUT2D eigenvalue weighted by Crippen LogP contribution is -2.14. The topological polar surface area (TPSA) is 35.0 Å². The van der Waals surface area contributed by atoms with Crippen molar-refractivity contribution in [2.75, 3.05) is 0 Å². The highest BCUT2D eigenvalue weighted by Crippen LogP contribution is 2.30. The zero-order valence-electron chi connectivity index (χ0n) is 15.4. The van der Waals surface area contributed by atoms with E-state index in [1.165, 1.54) is 36.0 Å². The van der Waals surface area contributed by atoms with E-state index >= 15 is 0 Å². The van der Waals surface area contributed by atoms with Crippen LogP contribution < -0.4 is 4.74 Å². The van der Waals surface area contributed by atoms with Gasteiger partial charge in [-0.05, 0) is 29.8 Å². The molecule has 0 bridgehead atoms. The number of nitrogens with zero attached hydrogens (tertiary/aromatic N) is 2. The minimum Gasteiger partial charge on any atom is -0.439 e. The Labute approximate surface area is 161 Å². The molecule has 3 rings (SSSR count). The Kier molecular flexibility index (Phi) is 5.75. The van der Waals surface area contributed by atoms with Crippen LogP contribution in [0.15, 0.2) is 59.8 Å². The van der Waals surface area contributed by atoms with Gasteiger partial charge in [-0.1, -0.05) is 50.7 Å². The molecule has 0 saturated heterocycles. The molecule has 0 N–H and O–H groups in total. The molecular weight excluding hydrogens is 366 g/mol. The molecule has 27 heavy (non-hydrogen) atoms. The molecule has 0 aliphatic rings. The summed E-state index contributed by atoms with van der Waals surface area (Å²) in [6, 6.07) is 14.0. The number of hydrogen-bond acceptors (Lipinski definition) is 4. The summed E-state index contributed by atoms with van der Waals surface area (Å²) in [5.41, 5.74) is 1.60. The van der Waals surface area contributed by atoms with Gasteiger partial charge in [-0.25, -0.2) is 13.8 Å². The highest BCUT2D eigenvalue weighted by Gasteiger charge is 2.19. The number of halogens is 2. The Morgan fingerprint density at radius 1 is 0.926 bits per heavy atom. The Hall–Kier alpha value is -2.47. The zero-order valence-corrected chi connectivity index (χ0v) is 16.2. The second-order valence-corrected chi connectivity index (χ2v) is 8.04. The first-order chi connectivity index (χ1) is 12.8. The van der Waals surface area contributed by atoms with E-state index in [9.17, 15) is 8.78 Å². The number of ether oxygens (including phenoxy) is 1. The van der Waals surface area contributed by atoms with Gasteiger partial charge in [0.2, 0.25) is 5.88 Å². The first-order valence-electron chi connectivity index (χ1n) is 8.50. The van der Waals surface area contributed by atoms with Crippen LogP contribution in [0.3, 0.4) is 0 Å². The van der Waals surface area contributed by atoms with Crippen molar-refractivity contribution in [3.63, 3.8) is 0 Å². The van der Waals surface area contributed by atoms with E-state index < -0.39 is 0 Å². The van der Waals surface area contributed by atoms with Crippen molar-refractivity contribution in [3.05, 3.63) is 77.5 Å². The van der Waals surface area contributed by atoms with Gasteiger partial charge in [0.05, 0.1) is 5.69 Å². The SMILES string of the molecule is CC(C)(C)c1cc(Oc2cccc(F)c2)nc(SCc2ccc(F)cc2)n1. The number of aromatic nitrogens is 2. The van der Waals surface area contributed by atoms with Gasteiger partial charge in [0.25, 0.3) is 0 Å². The van der Waals surface area contributed by atoms with E-state index in [1.54, 1.807) is 30.3 Å². The third-order valence-electron chi connectivity index (χ3n) is 3.75. The molecule has 0 radical (unpaired) electrons. The molecule has 2 aromatic carbocycles. The van der Waals surface area contributed by atoms with Gasteiger partial charge in [-0.3, -0.25) is 0 Å². The summed E-state index contributed by atoms with van der Waals surface area (Å²) in [6.45, 7) is 6.15. The lowest BCUT2D eigenvalue weighted by Gasteiger charge is -2.19. The maximum atomic E-state index is 13.4. The summed E-state index contributed by atoms with van der Waals surface area (Å²) in [5.74, 6) is 0.710. The van der Waals surface area contributed by atoms with Crippen molar-refractivity contribution in [1.82, 2.24) is 9.97 Å². The fourth-order valence-corrected chi connectivity index (χ4v) is 3.09. The molecular formula is C21H20F2N2OS. The first kappa shape index (κ1) is 19.3. The predicted molar refractivity (Wildman–Crippen MR) is 103 cm³/mol. The monoisotopic (exact) mass is 386 g/mol. The highest BCUT2D eigenvalue weighted by atomic mass is 32.2. The van der Waals surface area contributed by atoms with E-state index in [0.29, 0.717) is 22.5 Å². The quantitative estimate of drug-likeness (QED) is 0.390. The fourth-order valence-electron chi connectivity index (χ4n) is 2.28. The highest BCUT2D eigenvalue weighted by molar-refractivity contribution is 7.98. The van der Waals surface area contributed by atoms with Crippen LogP contribution in [0.4, 0.5) is 8.78 Å². The molecule has 0 aliphatic carbocycles. The Balaban J connectivity index is 1.85. The largest absolute Gasteiger partial charge is 0.439 e. The Morgan fingerprint density at radius 2 is 1.67 bits per heavy atom. The van der Waals surface area contributed by atoms with Crippen LogP contribution in [0.1, 0.15) is 32.0 Å². The van der Waals surface area contributed by atoms with Crippen molar-refractivity contribution in [3.8, 4) is 11.6 Å². The average molecular weight is 386 g/mol. The van der Waals surface area contributed by atoms with Crippen molar-refractivity contribution in [2.24, 2.45) is 0 Å². The maximum Gasteiger partial charge on any atom is 0.223 e. The normalized spacial score (nSPS) is 11.4. The minimum absolute atomic E-state index is 0.200. The molecule has 0 saturated carbocycles. The average Bonchev–Trinajstić information content (AvgIpc) is 2.60. The van der Waals surface area contributed by atoms with E-state index in [1.807, 2.05) is 0 Å². The van der Waals surface area contributed by atoms with Gasteiger partial charge in [0.15, 0.2) is 5.16 Å². The molecule has 0 amide bonds. The molecule has 0 aliphatic heterocycles. The van der Waals surface area contributed by atoms with Crippen LogP contribution in [0.2, 0.25) is 0 Å². The fraction of sp³-hybridized carbons (Fsp3) is 0.238. The number of rotatable bonds is 5. The lowest BCUT2D eigenvalue weighted by molar-refractivity contribution is 0.443. The molecule has 140 valence electrons. The van der Waals surface area contributed by atoms with Gasteiger partial charge in [-0.15, -0.1) is 0 Å². The second-order valence-electron chi connectivity index (χ2n) is 7.10. The summed E-state index contributed by atoms with van der Waals surface area (Å²) in [5, 5.41) is 0.554. The Bertz CT molecular complexity index is 924. The molecule has 0 unspecified atom stereocenters. The van der Waals surface area contributed by atoms with Crippen LogP contribution in [0, 0.1) is 11.6 Å². The summed E-state index contributed by atoms with van der Waals surface area (Å²) < 4.78 is 32.2. The molecule has 0 fully saturated rings. The number of thioether (sulfide) groups is 1. The third kappa shape index (κ3) is 5.50. The summed E-state index contributed by atoms with van der Waals surface area (Å²) in [6.07, 6.45) is 0. The van der Waals surface area contributed by atoms with Crippen LogP contribution >= 0.6 is 11.8 Å². The smallest absolute Gasteiger partial charge is 0.223 e. The molecule has 0 atom stereocenters. The minimum atomic E-state index is -0.372. The van der Waals surface area contributed by atoms with Crippen molar-refractivity contribution in [2.45, 2.75) is 37.1 Å². The third-order valence-corrected chi connectivity index (χ3v) is 4.67. The van der Waals surface area contributed by atoms with Crippen LogP contribution in [-0.2, 0) is 11.2 Å². The van der Waals surface area contributed by atoms with Crippen LogP contribution in [-0.4, -0.2) is 9.97 Å². The molecule has 1 heterocycles. The zero-order chi connectivity index (χ0) is 19.4. The standard InChI is InChI=1S/C21H20F2N2OS/c1-21(2,3)18-12-19(26-17-6-4-5-16(23)11-17)25-20(24-18)27-13-14-7-9-15(22)10-8-14/h4-12H,13H2,1-3H3. The maximum absolute atomic E-state index is 13.4. The van der Waals surface area contributed by atoms with Gasteiger partial charge >= 0.3 is 0 Å². The van der Waals surface area contributed by atoms with E-state index in [2.05, 4.69) is 30.7 Å². The van der Waals surface area contributed by atoms with E-state index in [0.717, 1.165) is 11.3 Å².